The van der Waals surface area contributed by atoms with Crippen molar-refractivity contribution in [2.75, 3.05) is 23.7 Å². The lowest BCUT2D eigenvalue weighted by atomic mass is 10.1. The van der Waals surface area contributed by atoms with Gasteiger partial charge >= 0.3 is 0 Å². The fourth-order valence-corrected chi connectivity index (χ4v) is 4.42. The van der Waals surface area contributed by atoms with Crippen molar-refractivity contribution in [2.45, 2.75) is 13.5 Å². The van der Waals surface area contributed by atoms with Gasteiger partial charge in [-0.1, -0.05) is 51.8 Å². The molecule has 0 aliphatic heterocycles. The lowest BCUT2D eigenvalue weighted by Crippen LogP contribution is -2.29. The van der Waals surface area contributed by atoms with Crippen LogP contribution in [-0.2, 0) is 16.6 Å². The number of nitrogens with zero attached hydrogens (tertiary/aromatic N) is 1. The number of hydrogen-bond acceptors (Lipinski definition) is 4. The molecule has 0 heterocycles. The van der Waals surface area contributed by atoms with Crippen molar-refractivity contribution < 1.29 is 17.9 Å². The van der Waals surface area contributed by atoms with Crippen molar-refractivity contribution >= 4 is 49.1 Å². The predicted octanol–water partition coefficient (Wildman–Crippen LogP) is 5.19. The summed E-state index contributed by atoms with van der Waals surface area (Å²) in [5.41, 5.74) is 2.76. The Bertz CT molecular complexity index is 1230. The lowest BCUT2D eigenvalue weighted by molar-refractivity contribution is 0.0947. The number of para-hydroxylation sites is 1. The van der Waals surface area contributed by atoms with Crippen LogP contribution < -0.4 is 14.4 Å². The number of nitrogens with one attached hydrogen (secondary N) is 1. The highest BCUT2D eigenvalue weighted by Gasteiger charge is 2.19. The van der Waals surface area contributed by atoms with E-state index in [2.05, 4.69) is 21.2 Å². The van der Waals surface area contributed by atoms with Crippen LogP contribution in [0.2, 0.25) is 5.02 Å². The molecule has 1 N–H and O–H groups in total. The molecule has 0 radical (unpaired) electrons. The van der Waals surface area contributed by atoms with Crippen LogP contribution in [-0.4, -0.2) is 33.7 Å². The van der Waals surface area contributed by atoms with Gasteiger partial charge in [-0.05, 0) is 60.5 Å². The van der Waals surface area contributed by atoms with Gasteiger partial charge in [-0.25, -0.2) is 8.42 Å². The number of aryl methyl sites for hydroxylation is 1. The summed E-state index contributed by atoms with van der Waals surface area (Å²) in [5.74, 6) is 0.321. The number of carbonyl (C=O) groups excluding carboxylic acids is 1. The Morgan fingerprint density at radius 2 is 1.79 bits per heavy atom. The summed E-state index contributed by atoms with van der Waals surface area (Å²) in [5, 5.41) is 3.31. The van der Waals surface area contributed by atoms with Crippen molar-refractivity contribution in [3.05, 3.63) is 92.9 Å². The maximum absolute atomic E-state index is 12.4. The van der Waals surface area contributed by atoms with Crippen molar-refractivity contribution in [3.63, 3.8) is 0 Å². The minimum absolute atomic E-state index is 0.160. The summed E-state index contributed by atoms with van der Waals surface area (Å²) >= 11 is 9.47. The van der Waals surface area contributed by atoms with E-state index in [9.17, 15) is 13.2 Å². The smallest absolute Gasteiger partial charge is 0.251 e. The summed E-state index contributed by atoms with van der Waals surface area (Å²) in [6.07, 6.45) is 1.18. The van der Waals surface area contributed by atoms with Crippen LogP contribution in [0.15, 0.2) is 71.2 Å². The Hall–Kier alpha value is -2.55. The average Bonchev–Trinajstić information content (AvgIpc) is 2.77. The number of halogens is 2. The molecule has 9 heteroatoms. The van der Waals surface area contributed by atoms with Crippen LogP contribution in [0.25, 0.3) is 0 Å². The van der Waals surface area contributed by atoms with E-state index in [1.165, 1.54) is 10.6 Å². The SMILES string of the molecule is Cc1cc(N(Cc2ccc(C(=O)NCCOc3ccccc3Cl)cc2)S(C)(=O)=O)ccc1Br. The molecule has 1 amide bonds. The highest BCUT2D eigenvalue weighted by molar-refractivity contribution is 9.10. The number of rotatable bonds is 9. The second-order valence-corrected chi connectivity index (χ2v) is 10.6. The second kappa shape index (κ2) is 11.0. The van der Waals surface area contributed by atoms with E-state index in [4.69, 9.17) is 16.3 Å². The monoisotopic (exact) mass is 550 g/mol. The molecule has 3 aromatic rings. The van der Waals surface area contributed by atoms with Crippen LogP contribution in [0.4, 0.5) is 5.69 Å². The molecule has 0 fully saturated rings. The number of carbonyl (C=O) groups is 1. The van der Waals surface area contributed by atoms with Gasteiger partial charge in [0.15, 0.2) is 0 Å². The summed E-state index contributed by atoms with van der Waals surface area (Å²) in [6, 6.07) is 19.4. The topological polar surface area (TPSA) is 75.7 Å². The lowest BCUT2D eigenvalue weighted by Gasteiger charge is -2.23. The first-order chi connectivity index (χ1) is 15.6. The maximum Gasteiger partial charge on any atom is 0.251 e. The Balaban J connectivity index is 1.60. The molecular formula is C24H24BrClN2O4S. The zero-order chi connectivity index (χ0) is 24.0. The van der Waals surface area contributed by atoms with Crippen molar-refractivity contribution in [2.24, 2.45) is 0 Å². The molecule has 3 rings (SSSR count). The molecule has 0 bridgehead atoms. The van der Waals surface area contributed by atoms with Crippen molar-refractivity contribution in [1.29, 1.82) is 0 Å². The fraction of sp³-hybridized carbons (Fsp3) is 0.208. The summed E-state index contributed by atoms with van der Waals surface area (Å²) < 4.78 is 32.6. The summed E-state index contributed by atoms with van der Waals surface area (Å²) in [6.45, 7) is 2.66. The van der Waals surface area contributed by atoms with Crippen LogP contribution in [0.5, 0.6) is 5.75 Å². The standard InChI is InChI=1S/C24H24BrClN2O4S/c1-17-15-20(11-12-21(17)25)28(33(2,30)31)16-18-7-9-19(10-8-18)24(29)27-13-14-32-23-6-4-3-5-22(23)26/h3-12,15H,13-14,16H2,1-2H3,(H,27,29). The molecule has 0 aromatic heterocycles. The van der Waals surface area contributed by atoms with Crippen LogP contribution in [0.3, 0.4) is 0 Å². The summed E-state index contributed by atoms with van der Waals surface area (Å²) in [4.78, 5) is 12.4. The molecule has 6 nitrogen and oxygen atoms in total. The molecular weight excluding hydrogens is 528 g/mol. The largest absolute Gasteiger partial charge is 0.490 e. The summed E-state index contributed by atoms with van der Waals surface area (Å²) in [7, 11) is -3.50. The minimum Gasteiger partial charge on any atom is -0.490 e. The van der Waals surface area contributed by atoms with Gasteiger partial charge in [0.25, 0.3) is 5.91 Å². The zero-order valence-electron chi connectivity index (χ0n) is 18.2. The highest BCUT2D eigenvalue weighted by Crippen LogP contribution is 2.26. The molecule has 33 heavy (non-hydrogen) atoms. The van der Waals surface area contributed by atoms with Crippen LogP contribution in [0, 0.1) is 6.92 Å². The Morgan fingerprint density at radius 1 is 1.09 bits per heavy atom. The van der Waals surface area contributed by atoms with Gasteiger partial charge in [0.05, 0.1) is 30.1 Å². The first-order valence-electron chi connectivity index (χ1n) is 10.1. The number of ether oxygens (including phenoxy) is 1. The van der Waals surface area contributed by atoms with Gasteiger partial charge in [-0.3, -0.25) is 9.10 Å². The number of sulfonamides is 1. The van der Waals surface area contributed by atoms with E-state index in [1.807, 2.05) is 31.2 Å². The average molecular weight is 552 g/mol. The Kier molecular flexibility index (Phi) is 8.40. The molecule has 0 spiro atoms. The quantitative estimate of drug-likeness (QED) is 0.372. The van der Waals surface area contributed by atoms with E-state index < -0.39 is 10.0 Å². The van der Waals surface area contributed by atoms with E-state index in [1.54, 1.807) is 42.5 Å². The number of benzene rings is 3. The Labute approximate surface area is 207 Å². The minimum atomic E-state index is -3.50. The second-order valence-electron chi connectivity index (χ2n) is 7.43. The molecule has 3 aromatic carbocycles. The van der Waals surface area contributed by atoms with E-state index in [-0.39, 0.29) is 19.1 Å². The van der Waals surface area contributed by atoms with Crippen LogP contribution >= 0.6 is 27.5 Å². The third-order valence-corrected chi connectivity index (χ3v) is 7.20. The molecule has 0 aliphatic rings. The van der Waals surface area contributed by atoms with Gasteiger partial charge < -0.3 is 10.1 Å². The molecule has 0 saturated carbocycles. The third kappa shape index (κ3) is 6.96. The third-order valence-electron chi connectivity index (χ3n) is 4.85. The molecule has 0 saturated heterocycles. The number of amides is 1. The molecule has 0 aliphatic carbocycles. The number of hydrogen-bond donors (Lipinski definition) is 1. The van der Waals surface area contributed by atoms with Crippen LogP contribution in [0.1, 0.15) is 21.5 Å². The first-order valence-corrected chi connectivity index (χ1v) is 13.2. The highest BCUT2D eigenvalue weighted by atomic mass is 79.9. The Morgan fingerprint density at radius 3 is 2.42 bits per heavy atom. The molecule has 0 unspecified atom stereocenters. The van der Waals surface area contributed by atoms with Crippen molar-refractivity contribution in [3.8, 4) is 5.75 Å². The number of anilines is 1. The predicted molar refractivity (Wildman–Crippen MR) is 136 cm³/mol. The van der Waals surface area contributed by atoms with Gasteiger partial charge in [0.2, 0.25) is 10.0 Å². The van der Waals surface area contributed by atoms with Gasteiger partial charge in [0, 0.05) is 10.0 Å². The molecule has 174 valence electrons. The molecule has 0 atom stereocenters. The van der Waals surface area contributed by atoms with Gasteiger partial charge in [-0.15, -0.1) is 0 Å². The van der Waals surface area contributed by atoms with E-state index >= 15 is 0 Å². The zero-order valence-corrected chi connectivity index (χ0v) is 21.4. The first kappa shape index (κ1) is 25.1. The van der Waals surface area contributed by atoms with Gasteiger partial charge in [0.1, 0.15) is 12.4 Å². The fourth-order valence-electron chi connectivity index (χ4n) is 3.10. The van der Waals surface area contributed by atoms with Gasteiger partial charge in [-0.2, -0.15) is 0 Å². The maximum atomic E-state index is 12.4. The normalized spacial score (nSPS) is 11.2. The van der Waals surface area contributed by atoms with E-state index in [0.717, 1.165) is 15.6 Å². The van der Waals surface area contributed by atoms with Crippen molar-refractivity contribution in [1.82, 2.24) is 5.32 Å². The van der Waals surface area contributed by atoms with E-state index in [0.29, 0.717) is 28.6 Å².